The summed E-state index contributed by atoms with van der Waals surface area (Å²) >= 11 is 0. The zero-order chi connectivity index (χ0) is 14.1. The van der Waals surface area contributed by atoms with Gasteiger partial charge in [-0.25, -0.2) is 0 Å². The number of benzene rings is 1. The molecule has 0 aliphatic carbocycles. The van der Waals surface area contributed by atoms with Crippen LogP contribution in [0.2, 0.25) is 0 Å². The summed E-state index contributed by atoms with van der Waals surface area (Å²) in [5, 5.41) is 3.15. The SMILES string of the molecule is COc1ccc(C(=O)C2=C3NCCN3C(=O)CC2)cc1. The van der Waals surface area contributed by atoms with Gasteiger partial charge in [-0.1, -0.05) is 0 Å². The van der Waals surface area contributed by atoms with E-state index in [2.05, 4.69) is 5.32 Å². The minimum absolute atomic E-state index is 0.0189. The van der Waals surface area contributed by atoms with Crippen LogP contribution >= 0.6 is 0 Å². The molecule has 20 heavy (non-hydrogen) atoms. The highest BCUT2D eigenvalue weighted by atomic mass is 16.5. The number of ketones is 1. The number of carbonyl (C=O) groups is 2. The Morgan fingerprint density at radius 2 is 2.00 bits per heavy atom. The van der Waals surface area contributed by atoms with Crippen molar-refractivity contribution in [2.75, 3.05) is 20.2 Å². The molecule has 2 heterocycles. The van der Waals surface area contributed by atoms with Gasteiger partial charge in [-0.3, -0.25) is 14.5 Å². The Labute approximate surface area is 117 Å². The number of Topliss-reactive ketones (excluding diaryl/α,β-unsaturated/α-hetero) is 1. The van der Waals surface area contributed by atoms with E-state index in [9.17, 15) is 9.59 Å². The number of carbonyl (C=O) groups excluding carboxylic acids is 2. The Balaban J connectivity index is 1.93. The molecule has 1 aromatic carbocycles. The molecule has 0 spiro atoms. The fourth-order valence-electron chi connectivity index (χ4n) is 2.64. The molecular weight excluding hydrogens is 256 g/mol. The third-order valence-corrected chi connectivity index (χ3v) is 3.70. The van der Waals surface area contributed by atoms with Crippen molar-refractivity contribution in [3.63, 3.8) is 0 Å². The van der Waals surface area contributed by atoms with E-state index in [0.29, 0.717) is 42.9 Å². The van der Waals surface area contributed by atoms with Crippen molar-refractivity contribution in [1.82, 2.24) is 10.2 Å². The van der Waals surface area contributed by atoms with Gasteiger partial charge < -0.3 is 10.1 Å². The highest BCUT2D eigenvalue weighted by molar-refractivity contribution is 6.10. The van der Waals surface area contributed by atoms with Crippen molar-refractivity contribution in [3.8, 4) is 5.75 Å². The molecule has 0 bridgehead atoms. The summed E-state index contributed by atoms with van der Waals surface area (Å²) in [4.78, 5) is 26.0. The smallest absolute Gasteiger partial charge is 0.228 e. The summed E-state index contributed by atoms with van der Waals surface area (Å²) in [5.41, 5.74) is 1.32. The van der Waals surface area contributed by atoms with Gasteiger partial charge in [-0.2, -0.15) is 0 Å². The molecule has 5 nitrogen and oxygen atoms in total. The molecule has 2 aliphatic rings. The monoisotopic (exact) mass is 272 g/mol. The van der Waals surface area contributed by atoms with E-state index >= 15 is 0 Å². The Kier molecular flexibility index (Phi) is 3.18. The number of nitrogens with one attached hydrogen (secondary N) is 1. The van der Waals surface area contributed by atoms with Gasteiger partial charge in [-0.05, 0) is 30.7 Å². The Morgan fingerprint density at radius 1 is 1.25 bits per heavy atom. The van der Waals surface area contributed by atoms with Crippen LogP contribution in [-0.4, -0.2) is 36.8 Å². The summed E-state index contributed by atoms with van der Waals surface area (Å²) in [6.07, 6.45) is 0.908. The summed E-state index contributed by atoms with van der Waals surface area (Å²) in [6.45, 7) is 1.36. The summed E-state index contributed by atoms with van der Waals surface area (Å²) in [7, 11) is 1.59. The fraction of sp³-hybridized carbons (Fsp3) is 0.333. The average Bonchev–Trinajstić information content (AvgIpc) is 2.97. The number of hydrogen-bond donors (Lipinski definition) is 1. The van der Waals surface area contributed by atoms with Crippen LogP contribution in [0.15, 0.2) is 35.7 Å². The topological polar surface area (TPSA) is 58.6 Å². The molecule has 0 atom stereocenters. The molecule has 104 valence electrons. The molecule has 0 saturated carbocycles. The number of nitrogens with zero attached hydrogens (tertiary/aromatic N) is 1. The van der Waals surface area contributed by atoms with Gasteiger partial charge >= 0.3 is 0 Å². The largest absolute Gasteiger partial charge is 0.497 e. The Morgan fingerprint density at radius 3 is 2.70 bits per heavy atom. The maximum atomic E-state index is 12.6. The Hall–Kier alpha value is -2.30. The predicted octanol–water partition coefficient (Wildman–Crippen LogP) is 1.32. The first-order valence-electron chi connectivity index (χ1n) is 6.67. The van der Waals surface area contributed by atoms with Gasteiger partial charge in [0, 0.05) is 30.6 Å². The quantitative estimate of drug-likeness (QED) is 0.843. The highest BCUT2D eigenvalue weighted by Gasteiger charge is 2.33. The van der Waals surface area contributed by atoms with Gasteiger partial charge in [0.2, 0.25) is 5.91 Å². The molecule has 5 heteroatoms. The first-order chi connectivity index (χ1) is 9.70. The van der Waals surface area contributed by atoms with E-state index in [1.807, 2.05) is 0 Å². The van der Waals surface area contributed by atoms with Crippen LogP contribution in [0.5, 0.6) is 5.75 Å². The van der Waals surface area contributed by atoms with Gasteiger partial charge in [0.15, 0.2) is 5.78 Å². The van der Waals surface area contributed by atoms with E-state index < -0.39 is 0 Å². The minimum atomic E-state index is -0.0189. The number of methoxy groups -OCH3 is 1. The molecule has 1 saturated heterocycles. The predicted molar refractivity (Wildman–Crippen MR) is 73.3 cm³/mol. The van der Waals surface area contributed by atoms with E-state index in [4.69, 9.17) is 4.74 Å². The molecule has 1 aromatic rings. The van der Waals surface area contributed by atoms with E-state index in [1.54, 1.807) is 36.3 Å². The number of fused-ring (bicyclic) bond motifs is 1. The van der Waals surface area contributed by atoms with E-state index in [0.717, 1.165) is 5.75 Å². The number of rotatable bonds is 3. The molecule has 0 radical (unpaired) electrons. The lowest BCUT2D eigenvalue weighted by Gasteiger charge is -2.25. The maximum absolute atomic E-state index is 12.6. The average molecular weight is 272 g/mol. The molecule has 1 N–H and O–H groups in total. The van der Waals surface area contributed by atoms with Crippen molar-refractivity contribution in [1.29, 1.82) is 0 Å². The van der Waals surface area contributed by atoms with Crippen molar-refractivity contribution < 1.29 is 14.3 Å². The molecule has 1 amide bonds. The normalized spacial score (nSPS) is 17.9. The molecule has 3 rings (SSSR count). The first-order valence-corrected chi connectivity index (χ1v) is 6.67. The van der Waals surface area contributed by atoms with Crippen LogP contribution in [0.4, 0.5) is 0 Å². The fourth-order valence-corrected chi connectivity index (χ4v) is 2.64. The number of hydrogen-bond acceptors (Lipinski definition) is 4. The molecule has 0 aromatic heterocycles. The lowest BCUT2D eigenvalue weighted by Crippen LogP contribution is -2.34. The molecule has 0 unspecified atom stereocenters. The van der Waals surface area contributed by atoms with Gasteiger partial charge in [0.05, 0.1) is 7.11 Å². The first kappa shape index (κ1) is 12.7. The van der Waals surface area contributed by atoms with Crippen LogP contribution in [0.1, 0.15) is 23.2 Å². The summed E-state index contributed by atoms with van der Waals surface area (Å²) < 4.78 is 5.09. The van der Waals surface area contributed by atoms with Crippen LogP contribution in [0.3, 0.4) is 0 Å². The van der Waals surface area contributed by atoms with Crippen LogP contribution in [-0.2, 0) is 4.79 Å². The van der Waals surface area contributed by atoms with Crippen molar-refractivity contribution in [3.05, 3.63) is 41.2 Å². The second-order valence-corrected chi connectivity index (χ2v) is 4.86. The second-order valence-electron chi connectivity index (χ2n) is 4.86. The van der Waals surface area contributed by atoms with E-state index in [-0.39, 0.29) is 11.7 Å². The zero-order valence-corrected chi connectivity index (χ0v) is 11.3. The maximum Gasteiger partial charge on any atom is 0.228 e. The third kappa shape index (κ3) is 2.05. The zero-order valence-electron chi connectivity index (χ0n) is 11.3. The van der Waals surface area contributed by atoms with Crippen LogP contribution in [0.25, 0.3) is 0 Å². The van der Waals surface area contributed by atoms with Gasteiger partial charge in [-0.15, -0.1) is 0 Å². The minimum Gasteiger partial charge on any atom is -0.497 e. The standard InChI is InChI=1S/C15H16N2O3/c1-20-11-4-2-10(3-5-11)14(19)12-6-7-13(18)17-9-8-16-15(12)17/h2-5,16H,6-9H2,1H3. The van der Waals surface area contributed by atoms with Crippen molar-refractivity contribution in [2.45, 2.75) is 12.8 Å². The van der Waals surface area contributed by atoms with Crippen LogP contribution < -0.4 is 10.1 Å². The third-order valence-electron chi connectivity index (χ3n) is 3.70. The lowest BCUT2D eigenvalue weighted by atomic mass is 9.96. The van der Waals surface area contributed by atoms with Gasteiger partial charge in [0.1, 0.15) is 11.6 Å². The van der Waals surface area contributed by atoms with E-state index in [1.165, 1.54) is 0 Å². The lowest BCUT2D eigenvalue weighted by molar-refractivity contribution is -0.129. The highest BCUT2D eigenvalue weighted by Crippen LogP contribution is 2.27. The summed E-state index contributed by atoms with van der Waals surface area (Å²) in [6, 6.07) is 7.05. The number of ether oxygens (including phenoxy) is 1. The van der Waals surface area contributed by atoms with Gasteiger partial charge in [0.25, 0.3) is 0 Å². The number of allylic oxidation sites excluding steroid dienone is 1. The number of amides is 1. The van der Waals surface area contributed by atoms with Crippen molar-refractivity contribution >= 4 is 11.7 Å². The second kappa shape index (κ2) is 5.00. The molecule has 1 fully saturated rings. The van der Waals surface area contributed by atoms with Crippen molar-refractivity contribution in [2.24, 2.45) is 0 Å². The summed E-state index contributed by atoms with van der Waals surface area (Å²) in [5.74, 6) is 1.49. The van der Waals surface area contributed by atoms with Crippen LogP contribution in [0, 0.1) is 0 Å². The molecular formula is C15H16N2O3. The Bertz CT molecular complexity index is 590. The molecule has 2 aliphatic heterocycles.